The van der Waals surface area contributed by atoms with Gasteiger partial charge in [0.05, 0.1) is 11.1 Å². The maximum atomic E-state index is 11.9. The summed E-state index contributed by atoms with van der Waals surface area (Å²) in [5.41, 5.74) is 0. The van der Waals surface area contributed by atoms with E-state index in [0.717, 1.165) is 5.00 Å². The maximum Gasteiger partial charge on any atom is 0.263 e. The number of hydrogen-bond donors (Lipinski definition) is 2. The molecule has 0 spiro atoms. The molecule has 7 heteroatoms. The van der Waals surface area contributed by atoms with Crippen LogP contribution in [-0.2, 0) is 10.0 Å². The molecule has 17 heavy (non-hydrogen) atoms. The van der Waals surface area contributed by atoms with Crippen LogP contribution in [0.1, 0.15) is 0 Å². The second-order valence-corrected chi connectivity index (χ2v) is 5.91. The lowest BCUT2D eigenvalue weighted by atomic mass is 10.4. The van der Waals surface area contributed by atoms with E-state index in [1.807, 2.05) is 0 Å². The summed E-state index contributed by atoms with van der Waals surface area (Å²) in [5, 5.41) is 4.04. The molecule has 0 saturated heterocycles. The molecule has 0 aliphatic heterocycles. The molecule has 2 rings (SSSR count). The molecule has 1 heterocycles. The minimum atomic E-state index is -3.54. The summed E-state index contributed by atoms with van der Waals surface area (Å²) in [5.74, 6) is 0. The number of sulfonamides is 1. The van der Waals surface area contributed by atoms with Crippen molar-refractivity contribution in [3.63, 3.8) is 0 Å². The second kappa shape index (κ2) is 4.72. The number of nitrogens with one attached hydrogen (secondary N) is 2. The lowest BCUT2D eigenvalue weighted by Crippen LogP contribution is -2.12. The van der Waals surface area contributed by atoms with E-state index in [-0.39, 0.29) is 4.90 Å². The van der Waals surface area contributed by atoms with Crippen molar-refractivity contribution >= 4 is 31.5 Å². The van der Waals surface area contributed by atoms with E-state index in [1.54, 1.807) is 31.4 Å². The smallest absolute Gasteiger partial charge is 0.263 e. The van der Waals surface area contributed by atoms with Crippen LogP contribution in [0.3, 0.4) is 0 Å². The molecule has 0 unspecified atom stereocenters. The Morgan fingerprint density at radius 2 is 1.94 bits per heavy atom. The van der Waals surface area contributed by atoms with Crippen molar-refractivity contribution in [2.75, 3.05) is 17.1 Å². The van der Waals surface area contributed by atoms with E-state index >= 15 is 0 Å². The van der Waals surface area contributed by atoms with E-state index in [0.29, 0.717) is 5.13 Å². The van der Waals surface area contributed by atoms with Crippen molar-refractivity contribution < 1.29 is 8.42 Å². The monoisotopic (exact) mass is 269 g/mol. The van der Waals surface area contributed by atoms with Gasteiger partial charge in [-0.2, -0.15) is 0 Å². The van der Waals surface area contributed by atoms with Gasteiger partial charge in [-0.15, -0.1) is 0 Å². The quantitative estimate of drug-likeness (QED) is 0.890. The third-order valence-corrected chi connectivity index (χ3v) is 4.44. The molecular formula is C10H11N3O2S2. The van der Waals surface area contributed by atoms with Crippen LogP contribution in [0.4, 0.5) is 10.1 Å². The number of benzene rings is 1. The minimum absolute atomic E-state index is 0.223. The third kappa shape index (κ3) is 2.75. The van der Waals surface area contributed by atoms with Crippen LogP contribution < -0.4 is 10.0 Å². The Hall–Kier alpha value is -1.60. The Balaban J connectivity index is 2.24. The van der Waals surface area contributed by atoms with Gasteiger partial charge in [-0.25, -0.2) is 13.4 Å². The van der Waals surface area contributed by atoms with Gasteiger partial charge in [0, 0.05) is 7.05 Å². The Bertz CT molecular complexity index is 593. The summed E-state index contributed by atoms with van der Waals surface area (Å²) in [4.78, 5) is 4.19. The summed E-state index contributed by atoms with van der Waals surface area (Å²) < 4.78 is 26.3. The van der Waals surface area contributed by atoms with Gasteiger partial charge in [-0.05, 0) is 12.1 Å². The van der Waals surface area contributed by atoms with Crippen molar-refractivity contribution in [1.29, 1.82) is 0 Å². The summed E-state index contributed by atoms with van der Waals surface area (Å²) >= 11 is 1.24. The van der Waals surface area contributed by atoms with Crippen molar-refractivity contribution in [2.24, 2.45) is 0 Å². The van der Waals surface area contributed by atoms with Gasteiger partial charge in [0.2, 0.25) is 0 Å². The fourth-order valence-corrected chi connectivity index (χ4v) is 3.14. The number of nitrogens with zero attached hydrogens (tertiary/aromatic N) is 1. The van der Waals surface area contributed by atoms with Crippen LogP contribution in [0.25, 0.3) is 0 Å². The predicted molar refractivity (Wildman–Crippen MR) is 68.9 cm³/mol. The summed E-state index contributed by atoms with van der Waals surface area (Å²) in [6, 6.07) is 8.19. The van der Waals surface area contributed by atoms with Crippen LogP contribution in [0.5, 0.6) is 0 Å². The lowest BCUT2D eigenvalue weighted by molar-refractivity contribution is 0.601. The fourth-order valence-electron chi connectivity index (χ4n) is 1.21. The van der Waals surface area contributed by atoms with Crippen LogP contribution in [0.2, 0.25) is 0 Å². The highest BCUT2D eigenvalue weighted by molar-refractivity contribution is 7.93. The van der Waals surface area contributed by atoms with Crippen LogP contribution >= 0.6 is 11.3 Å². The highest BCUT2D eigenvalue weighted by Crippen LogP contribution is 2.24. The summed E-state index contributed by atoms with van der Waals surface area (Å²) in [7, 11) is -1.79. The lowest BCUT2D eigenvalue weighted by Gasteiger charge is -2.03. The average molecular weight is 269 g/mol. The highest BCUT2D eigenvalue weighted by atomic mass is 32.2. The van der Waals surface area contributed by atoms with Crippen molar-refractivity contribution in [1.82, 2.24) is 4.98 Å². The van der Waals surface area contributed by atoms with Gasteiger partial charge in [-0.3, -0.25) is 4.72 Å². The molecule has 0 saturated carbocycles. The molecule has 0 aliphatic carbocycles. The van der Waals surface area contributed by atoms with Crippen LogP contribution in [0.15, 0.2) is 41.4 Å². The Labute approximate surface area is 104 Å². The Kier molecular flexibility index (Phi) is 3.30. The molecule has 1 aromatic carbocycles. The van der Waals surface area contributed by atoms with Crippen molar-refractivity contribution in [3.8, 4) is 0 Å². The molecule has 90 valence electrons. The molecular weight excluding hydrogens is 258 g/mol. The first-order valence-electron chi connectivity index (χ1n) is 4.83. The SMILES string of the molecule is CNc1cnc(NS(=O)(=O)c2ccccc2)s1. The van der Waals surface area contributed by atoms with Gasteiger partial charge < -0.3 is 5.32 Å². The van der Waals surface area contributed by atoms with E-state index in [2.05, 4.69) is 15.0 Å². The number of thiazole rings is 1. The number of aromatic nitrogens is 1. The predicted octanol–water partition coefficient (Wildman–Crippen LogP) is 1.99. The zero-order chi connectivity index (χ0) is 12.3. The number of hydrogen-bond acceptors (Lipinski definition) is 5. The molecule has 0 fully saturated rings. The van der Waals surface area contributed by atoms with Gasteiger partial charge in [0.1, 0.15) is 5.00 Å². The molecule has 5 nitrogen and oxygen atoms in total. The molecule has 0 amide bonds. The van der Waals surface area contributed by atoms with Gasteiger partial charge in [0.25, 0.3) is 10.0 Å². The Morgan fingerprint density at radius 1 is 1.24 bits per heavy atom. The zero-order valence-electron chi connectivity index (χ0n) is 9.04. The first kappa shape index (κ1) is 11.9. The normalized spacial score (nSPS) is 11.1. The van der Waals surface area contributed by atoms with Gasteiger partial charge >= 0.3 is 0 Å². The third-order valence-electron chi connectivity index (χ3n) is 2.03. The molecule has 2 N–H and O–H groups in total. The molecule has 0 radical (unpaired) electrons. The highest BCUT2D eigenvalue weighted by Gasteiger charge is 2.15. The van der Waals surface area contributed by atoms with Crippen molar-refractivity contribution in [2.45, 2.75) is 4.90 Å². The van der Waals surface area contributed by atoms with Crippen LogP contribution in [0, 0.1) is 0 Å². The fraction of sp³-hybridized carbons (Fsp3) is 0.100. The van der Waals surface area contributed by atoms with Gasteiger partial charge in [0.15, 0.2) is 5.13 Å². The summed E-state index contributed by atoms with van der Waals surface area (Å²) in [6.45, 7) is 0. The minimum Gasteiger partial charge on any atom is -0.379 e. The van der Waals surface area contributed by atoms with Gasteiger partial charge in [-0.1, -0.05) is 29.5 Å². The van der Waals surface area contributed by atoms with E-state index in [9.17, 15) is 8.42 Å². The second-order valence-electron chi connectivity index (χ2n) is 3.20. The topological polar surface area (TPSA) is 71.1 Å². The maximum absolute atomic E-state index is 11.9. The first-order chi connectivity index (χ1) is 8.12. The summed E-state index contributed by atoms with van der Waals surface area (Å²) in [6.07, 6.45) is 1.58. The molecule has 1 aromatic heterocycles. The zero-order valence-corrected chi connectivity index (χ0v) is 10.7. The largest absolute Gasteiger partial charge is 0.379 e. The van der Waals surface area contributed by atoms with Crippen LogP contribution in [-0.4, -0.2) is 20.4 Å². The first-order valence-corrected chi connectivity index (χ1v) is 7.13. The molecule has 0 bridgehead atoms. The van der Waals surface area contributed by atoms with E-state index in [4.69, 9.17) is 0 Å². The Morgan fingerprint density at radius 3 is 2.53 bits per heavy atom. The number of anilines is 2. The van der Waals surface area contributed by atoms with E-state index in [1.165, 1.54) is 23.5 Å². The molecule has 0 aliphatic rings. The molecule has 2 aromatic rings. The van der Waals surface area contributed by atoms with Crippen molar-refractivity contribution in [3.05, 3.63) is 36.5 Å². The number of rotatable bonds is 4. The average Bonchev–Trinajstić information content (AvgIpc) is 2.77. The molecule has 0 atom stereocenters. The standard InChI is InChI=1S/C10H11N3O2S2/c1-11-9-7-12-10(16-9)13-17(14,15)8-5-3-2-4-6-8/h2-7,11H,1H3,(H,12,13). The van der Waals surface area contributed by atoms with E-state index < -0.39 is 10.0 Å².